The number of hydrogen-bond donors (Lipinski definition) is 0. The molecule has 0 bridgehead atoms. The number of fused-ring (bicyclic) bond motifs is 1. The molecule has 2 aliphatic carbocycles. The molecule has 0 radical (unpaired) electrons. The summed E-state index contributed by atoms with van der Waals surface area (Å²) in [5.74, 6) is -1.09. The lowest BCUT2D eigenvalue weighted by atomic mass is 9.87. The van der Waals surface area contributed by atoms with E-state index < -0.39 is 17.9 Å². The zero-order valence-electron chi connectivity index (χ0n) is 43.1. The van der Waals surface area contributed by atoms with Gasteiger partial charge >= 0.3 is 29.8 Å². The van der Waals surface area contributed by atoms with Gasteiger partial charge in [-0.3, -0.25) is 9.59 Å². The number of ether oxygens (including phenoxy) is 9. The van der Waals surface area contributed by atoms with Gasteiger partial charge in [-0.15, -0.1) is 0 Å². The van der Waals surface area contributed by atoms with Crippen LogP contribution in [0.5, 0.6) is 17.2 Å². The van der Waals surface area contributed by atoms with Crippen LogP contribution >= 0.6 is 0 Å². The number of carbonyl (C=O) groups excluding carboxylic acids is 5. The molecule has 4 aromatic rings. The zero-order chi connectivity index (χ0) is 53.0. The van der Waals surface area contributed by atoms with Crippen molar-refractivity contribution in [3.05, 3.63) is 105 Å². The third-order valence-corrected chi connectivity index (χ3v) is 13.0. The van der Waals surface area contributed by atoms with E-state index in [2.05, 4.69) is 19.7 Å². The average Bonchev–Trinajstić information content (AvgIpc) is 3.43. The van der Waals surface area contributed by atoms with Crippen molar-refractivity contribution >= 4 is 40.9 Å². The molecule has 0 amide bonds. The standard InChI is InChI=1S/C59H72N2O14/c1-4-53(62)71-33-13-9-7-11-31-68-46-25-21-42(22-26-46)58(65)74-49-19-15-17-44(39-49)56-57(61-52-41-48(29-30-51(52)60-56)70-37-35-67-36-38-73-55(64)6-3)45-18-16-20-50(40-45)75-59(66)43-23-27-47(28-24-43)69-32-12-8-10-14-34-72-54(63)5-2/h4-6,15-20,29-30,39-43,46-47H,1-3,7-14,21-28,31-38H2. The van der Waals surface area contributed by atoms with Crippen LogP contribution in [-0.4, -0.2) is 105 Å². The van der Waals surface area contributed by atoms with Crippen molar-refractivity contribution in [3.63, 3.8) is 0 Å². The summed E-state index contributed by atoms with van der Waals surface area (Å²) in [6.45, 7) is 13.1. The number of aromatic nitrogens is 2. The van der Waals surface area contributed by atoms with Gasteiger partial charge < -0.3 is 42.6 Å². The van der Waals surface area contributed by atoms with Crippen LogP contribution in [0.4, 0.5) is 0 Å². The van der Waals surface area contributed by atoms with Crippen molar-refractivity contribution in [3.8, 4) is 39.8 Å². The van der Waals surface area contributed by atoms with E-state index in [-0.39, 0.29) is 62.4 Å². The smallest absolute Gasteiger partial charge is 0.330 e. The molecule has 0 aliphatic heterocycles. The zero-order valence-corrected chi connectivity index (χ0v) is 43.1. The van der Waals surface area contributed by atoms with Crippen LogP contribution in [0.3, 0.4) is 0 Å². The Labute approximate surface area is 440 Å². The molecule has 0 saturated heterocycles. The molecule has 16 heteroatoms. The van der Waals surface area contributed by atoms with Gasteiger partial charge in [0.15, 0.2) is 0 Å². The van der Waals surface area contributed by atoms with Gasteiger partial charge in [0.05, 0.1) is 72.9 Å². The lowest BCUT2D eigenvalue weighted by Crippen LogP contribution is -2.29. The van der Waals surface area contributed by atoms with Crippen LogP contribution in [0, 0.1) is 11.8 Å². The van der Waals surface area contributed by atoms with E-state index in [0.29, 0.717) is 103 Å². The molecule has 0 N–H and O–H groups in total. The molecule has 2 saturated carbocycles. The van der Waals surface area contributed by atoms with Crippen LogP contribution in [0.15, 0.2) is 105 Å². The summed E-state index contributed by atoms with van der Waals surface area (Å²) >= 11 is 0. The van der Waals surface area contributed by atoms with Crippen molar-refractivity contribution < 1.29 is 66.6 Å². The second kappa shape index (κ2) is 31.9. The van der Waals surface area contributed by atoms with E-state index >= 15 is 0 Å². The predicted molar refractivity (Wildman–Crippen MR) is 282 cm³/mol. The van der Waals surface area contributed by atoms with Crippen LogP contribution in [0.25, 0.3) is 33.5 Å². The monoisotopic (exact) mass is 1030 g/mol. The molecular formula is C59H72N2O14. The Bertz CT molecular complexity index is 2510. The molecule has 75 heavy (non-hydrogen) atoms. The number of unbranched alkanes of at least 4 members (excludes halogenated alkanes) is 6. The molecule has 0 spiro atoms. The van der Waals surface area contributed by atoms with Crippen molar-refractivity contribution in [2.24, 2.45) is 11.8 Å². The largest absolute Gasteiger partial charge is 0.491 e. The van der Waals surface area contributed by atoms with E-state index in [9.17, 15) is 24.0 Å². The number of nitrogens with zero attached hydrogens (tertiary/aromatic N) is 2. The van der Waals surface area contributed by atoms with Gasteiger partial charge in [0.1, 0.15) is 30.5 Å². The number of hydrogen-bond acceptors (Lipinski definition) is 16. The fourth-order valence-electron chi connectivity index (χ4n) is 8.93. The highest BCUT2D eigenvalue weighted by molar-refractivity contribution is 5.88. The molecule has 2 aliphatic rings. The third kappa shape index (κ3) is 19.8. The predicted octanol–water partition coefficient (Wildman–Crippen LogP) is 10.6. The first-order valence-electron chi connectivity index (χ1n) is 26.4. The normalized spacial score (nSPS) is 17.3. The SMILES string of the molecule is C=CC(=O)OCCCCCCOC1CCC(C(=O)Oc2cccc(-c3nc4ccc(OCCOCCOC(=O)C=C)cc4nc3-c3cccc(OC(=O)C4CCC(OCCCCCCOC(=O)C=C)CC4)c3)c2)CC1. The Morgan fingerprint density at radius 3 is 1.37 bits per heavy atom. The Hall–Kier alpha value is -6.75. The van der Waals surface area contributed by atoms with E-state index in [1.807, 2.05) is 30.3 Å². The maximum Gasteiger partial charge on any atom is 0.330 e. The summed E-state index contributed by atoms with van der Waals surface area (Å²) in [5, 5.41) is 0. The van der Waals surface area contributed by atoms with Gasteiger partial charge in [-0.05, 0) is 126 Å². The lowest BCUT2D eigenvalue weighted by molar-refractivity contribution is -0.142. The van der Waals surface area contributed by atoms with Crippen LogP contribution in [0.2, 0.25) is 0 Å². The summed E-state index contributed by atoms with van der Waals surface area (Å²) in [6.07, 6.45) is 16.7. The second-order valence-corrected chi connectivity index (χ2v) is 18.6. The molecular weight excluding hydrogens is 961 g/mol. The van der Waals surface area contributed by atoms with Gasteiger partial charge in [0.25, 0.3) is 0 Å². The molecule has 6 rings (SSSR count). The molecule has 16 nitrogen and oxygen atoms in total. The fraction of sp³-hybridized carbons (Fsp3) is 0.475. The quantitative estimate of drug-likeness (QED) is 0.0147. The minimum Gasteiger partial charge on any atom is -0.491 e. The summed E-state index contributed by atoms with van der Waals surface area (Å²) in [6, 6.07) is 19.9. The second-order valence-electron chi connectivity index (χ2n) is 18.6. The van der Waals surface area contributed by atoms with Crippen LogP contribution in [0.1, 0.15) is 103 Å². The molecule has 2 fully saturated rings. The van der Waals surface area contributed by atoms with Crippen LogP contribution in [-0.2, 0) is 52.4 Å². The number of benzene rings is 3. The van der Waals surface area contributed by atoms with Gasteiger partial charge in [-0.25, -0.2) is 24.4 Å². The lowest BCUT2D eigenvalue weighted by Gasteiger charge is -2.27. The number of rotatable bonds is 32. The van der Waals surface area contributed by atoms with Gasteiger partial charge in [0.2, 0.25) is 0 Å². The molecule has 0 unspecified atom stereocenters. The third-order valence-electron chi connectivity index (χ3n) is 13.0. The number of esters is 5. The highest BCUT2D eigenvalue weighted by Crippen LogP contribution is 2.36. The van der Waals surface area contributed by atoms with E-state index in [4.69, 9.17) is 52.6 Å². The summed E-state index contributed by atoms with van der Waals surface area (Å²) in [7, 11) is 0. The van der Waals surface area contributed by atoms with E-state index in [0.717, 1.165) is 83.1 Å². The Kier molecular flexibility index (Phi) is 24.4. The van der Waals surface area contributed by atoms with Crippen molar-refractivity contribution in [2.45, 2.75) is 115 Å². The van der Waals surface area contributed by atoms with Crippen LogP contribution < -0.4 is 14.2 Å². The first-order valence-corrected chi connectivity index (χ1v) is 26.4. The minimum atomic E-state index is -0.513. The molecule has 1 heterocycles. The van der Waals surface area contributed by atoms with Gasteiger partial charge in [-0.2, -0.15) is 0 Å². The summed E-state index contributed by atoms with van der Waals surface area (Å²) in [5.41, 5.74) is 3.53. The van der Waals surface area contributed by atoms with E-state index in [1.165, 1.54) is 12.2 Å². The highest BCUT2D eigenvalue weighted by atomic mass is 16.6. The highest BCUT2D eigenvalue weighted by Gasteiger charge is 2.30. The Balaban J connectivity index is 1.07. The number of carbonyl (C=O) groups is 5. The summed E-state index contributed by atoms with van der Waals surface area (Å²) < 4.78 is 50.9. The molecule has 3 aromatic carbocycles. The van der Waals surface area contributed by atoms with Gasteiger partial charge in [0, 0.05) is 48.6 Å². The van der Waals surface area contributed by atoms with Crippen molar-refractivity contribution in [2.75, 3.05) is 52.9 Å². The topological polar surface area (TPSA) is 194 Å². The Morgan fingerprint density at radius 2 is 0.893 bits per heavy atom. The maximum atomic E-state index is 13.6. The molecule has 1 aromatic heterocycles. The first kappa shape index (κ1) is 57.5. The first-order chi connectivity index (χ1) is 36.6. The maximum absolute atomic E-state index is 13.6. The van der Waals surface area contributed by atoms with Crippen molar-refractivity contribution in [1.82, 2.24) is 9.97 Å². The van der Waals surface area contributed by atoms with E-state index in [1.54, 1.807) is 36.4 Å². The van der Waals surface area contributed by atoms with Gasteiger partial charge in [-0.1, -0.05) is 56.8 Å². The minimum absolute atomic E-state index is 0.0976. The van der Waals surface area contributed by atoms with Crippen molar-refractivity contribution in [1.29, 1.82) is 0 Å². The summed E-state index contributed by atoms with van der Waals surface area (Å²) in [4.78, 5) is 71.1. The molecule has 0 atom stereocenters. The Morgan fingerprint density at radius 1 is 0.453 bits per heavy atom. The fourth-order valence-corrected chi connectivity index (χ4v) is 8.93. The average molecular weight is 1030 g/mol. The molecule has 402 valence electrons.